The fraction of sp³-hybridized carbons (Fsp3) is 0.571. The first-order valence-electron chi connectivity index (χ1n) is 6.82. The third kappa shape index (κ3) is 5.89. The Morgan fingerprint density at radius 3 is 2.19 bits per heavy atom. The van der Waals surface area contributed by atoms with Gasteiger partial charge < -0.3 is 14.8 Å². The summed E-state index contributed by atoms with van der Waals surface area (Å²) in [5.41, 5.74) is 0. The van der Waals surface area contributed by atoms with Crippen molar-refractivity contribution in [3.05, 3.63) is 29.3 Å². The Hall–Kier alpha value is -1.34. The van der Waals surface area contributed by atoms with Gasteiger partial charge in [-0.2, -0.15) is 8.78 Å². The van der Waals surface area contributed by atoms with Gasteiger partial charge in [0, 0.05) is 25.8 Å². The number of rotatable bonds is 10. The van der Waals surface area contributed by atoms with Crippen LogP contribution < -0.4 is 10.1 Å². The van der Waals surface area contributed by atoms with Gasteiger partial charge in [-0.15, -0.1) is 0 Å². The zero-order valence-corrected chi connectivity index (χ0v) is 11.9. The highest BCUT2D eigenvalue weighted by molar-refractivity contribution is 5.28. The molecule has 0 aliphatic heterocycles. The number of benzene rings is 1. The van der Waals surface area contributed by atoms with Crippen LogP contribution in [-0.4, -0.2) is 32.9 Å². The van der Waals surface area contributed by atoms with Crippen molar-refractivity contribution in [3.63, 3.8) is 0 Å². The summed E-state index contributed by atoms with van der Waals surface area (Å²) in [5.74, 6) is -7.07. The summed E-state index contributed by atoms with van der Waals surface area (Å²) < 4.78 is 62.3. The van der Waals surface area contributed by atoms with Crippen molar-refractivity contribution in [2.24, 2.45) is 0 Å². The minimum Gasteiger partial charge on any atom is -0.486 e. The first-order chi connectivity index (χ1) is 10.1. The molecular weight excluding hydrogens is 290 g/mol. The SMILES string of the molecule is CCCCOCCNCCOc1c(F)c(F)cc(F)c1F. The van der Waals surface area contributed by atoms with Gasteiger partial charge in [0.05, 0.1) is 6.61 Å². The number of nitrogens with one attached hydrogen (secondary N) is 1. The number of unbranched alkanes of at least 4 members (excludes halogenated alkanes) is 1. The summed E-state index contributed by atoms with van der Waals surface area (Å²) in [6.07, 6.45) is 2.05. The van der Waals surface area contributed by atoms with Crippen LogP contribution in [0.4, 0.5) is 17.6 Å². The van der Waals surface area contributed by atoms with Crippen molar-refractivity contribution in [3.8, 4) is 5.75 Å². The van der Waals surface area contributed by atoms with Gasteiger partial charge in [-0.1, -0.05) is 13.3 Å². The van der Waals surface area contributed by atoms with E-state index in [9.17, 15) is 17.6 Å². The normalized spacial score (nSPS) is 10.9. The molecule has 7 heteroatoms. The van der Waals surface area contributed by atoms with E-state index in [2.05, 4.69) is 12.2 Å². The monoisotopic (exact) mass is 309 g/mol. The molecule has 1 N–H and O–H groups in total. The summed E-state index contributed by atoms with van der Waals surface area (Å²) in [4.78, 5) is 0. The summed E-state index contributed by atoms with van der Waals surface area (Å²) in [6, 6.07) is 0.142. The van der Waals surface area contributed by atoms with Crippen LogP contribution in [0.3, 0.4) is 0 Å². The summed E-state index contributed by atoms with van der Waals surface area (Å²) in [7, 11) is 0. The van der Waals surface area contributed by atoms with E-state index < -0.39 is 29.0 Å². The van der Waals surface area contributed by atoms with E-state index in [1.54, 1.807) is 0 Å². The predicted octanol–water partition coefficient (Wildman–Crippen LogP) is 3.03. The molecule has 21 heavy (non-hydrogen) atoms. The largest absolute Gasteiger partial charge is 0.486 e. The molecule has 0 amide bonds. The van der Waals surface area contributed by atoms with Crippen LogP contribution in [-0.2, 0) is 4.74 Å². The minimum atomic E-state index is -1.53. The lowest BCUT2D eigenvalue weighted by molar-refractivity contribution is 0.132. The Balaban J connectivity index is 2.24. The van der Waals surface area contributed by atoms with Gasteiger partial charge in [-0.3, -0.25) is 0 Å². The molecule has 1 rings (SSSR count). The van der Waals surface area contributed by atoms with Crippen molar-refractivity contribution in [1.82, 2.24) is 5.32 Å². The van der Waals surface area contributed by atoms with Gasteiger partial charge in [0.25, 0.3) is 0 Å². The van der Waals surface area contributed by atoms with Crippen LogP contribution in [0.5, 0.6) is 5.75 Å². The Labute approximate surface area is 121 Å². The van der Waals surface area contributed by atoms with Crippen molar-refractivity contribution in [1.29, 1.82) is 0 Å². The standard InChI is InChI=1S/C14H19F4NO2/c1-2-3-6-20-7-4-19-5-8-21-14-12(17)10(15)9-11(16)13(14)18/h9,19H,2-8H2,1H3. The second kappa shape index (κ2) is 9.57. The van der Waals surface area contributed by atoms with Crippen LogP contribution in [0.25, 0.3) is 0 Å². The van der Waals surface area contributed by atoms with Gasteiger partial charge in [0.15, 0.2) is 17.4 Å². The first kappa shape index (κ1) is 17.7. The van der Waals surface area contributed by atoms with E-state index in [-0.39, 0.29) is 19.2 Å². The van der Waals surface area contributed by atoms with Crippen molar-refractivity contribution in [2.45, 2.75) is 19.8 Å². The molecule has 120 valence electrons. The number of hydrogen-bond donors (Lipinski definition) is 1. The second-order valence-corrected chi connectivity index (χ2v) is 4.36. The molecule has 3 nitrogen and oxygen atoms in total. The Kier molecular flexibility index (Phi) is 8.07. The Morgan fingerprint density at radius 1 is 0.952 bits per heavy atom. The van der Waals surface area contributed by atoms with Gasteiger partial charge >= 0.3 is 0 Å². The Morgan fingerprint density at radius 2 is 1.57 bits per heavy atom. The van der Waals surface area contributed by atoms with E-state index in [4.69, 9.17) is 9.47 Å². The highest BCUT2D eigenvalue weighted by Crippen LogP contribution is 2.26. The van der Waals surface area contributed by atoms with E-state index in [1.807, 2.05) is 0 Å². The van der Waals surface area contributed by atoms with Crippen LogP contribution >= 0.6 is 0 Å². The van der Waals surface area contributed by atoms with Gasteiger partial charge in [0.1, 0.15) is 6.61 Å². The van der Waals surface area contributed by atoms with Crippen LogP contribution in [0, 0.1) is 23.3 Å². The molecule has 0 aliphatic carbocycles. The molecule has 0 spiro atoms. The van der Waals surface area contributed by atoms with Crippen molar-refractivity contribution >= 4 is 0 Å². The highest BCUT2D eigenvalue weighted by Gasteiger charge is 2.20. The van der Waals surface area contributed by atoms with Gasteiger partial charge in [-0.05, 0) is 6.42 Å². The summed E-state index contributed by atoms with van der Waals surface area (Å²) >= 11 is 0. The van der Waals surface area contributed by atoms with Gasteiger partial charge in [-0.25, -0.2) is 8.78 Å². The average molecular weight is 309 g/mol. The first-order valence-corrected chi connectivity index (χ1v) is 6.82. The summed E-state index contributed by atoms with van der Waals surface area (Å²) in [5, 5.41) is 2.92. The minimum absolute atomic E-state index is 0.119. The topological polar surface area (TPSA) is 30.5 Å². The number of halogens is 4. The summed E-state index contributed by atoms with van der Waals surface area (Å²) in [6.45, 7) is 3.97. The Bertz CT molecular complexity index is 417. The zero-order valence-electron chi connectivity index (χ0n) is 11.9. The molecule has 0 aromatic heterocycles. The maximum absolute atomic E-state index is 13.2. The predicted molar refractivity (Wildman–Crippen MR) is 70.4 cm³/mol. The van der Waals surface area contributed by atoms with Crippen molar-refractivity contribution in [2.75, 3.05) is 32.9 Å². The molecular formula is C14H19F4NO2. The molecule has 0 heterocycles. The third-order valence-electron chi connectivity index (χ3n) is 2.66. The maximum Gasteiger partial charge on any atom is 0.203 e. The quantitative estimate of drug-likeness (QED) is 0.409. The molecule has 0 aliphatic rings. The van der Waals surface area contributed by atoms with Crippen LogP contribution in [0.15, 0.2) is 6.07 Å². The van der Waals surface area contributed by atoms with Crippen molar-refractivity contribution < 1.29 is 27.0 Å². The lowest BCUT2D eigenvalue weighted by Gasteiger charge is -2.10. The molecule has 0 saturated carbocycles. The number of ether oxygens (including phenoxy) is 2. The number of hydrogen-bond acceptors (Lipinski definition) is 3. The molecule has 0 fully saturated rings. The van der Waals surface area contributed by atoms with E-state index in [0.717, 1.165) is 12.8 Å². The molecule has 0 bridgehead atoms. The van der Waals surface area contributed by atoms with E-state index >= 15 is 0 Å². The lowest BCUT2D eigenvalue weighted by atomic mass is 10.3. The second-order valence-electron chi connectivity index (χ2n) is 4.36. The molecule has 1 aromatic rings. The maximum atomic E-state index is 13.2. The van der Waals surface area contributed by atoms with E-state index in [1.165, 1.54) is 0 Å². The highest BCUT2D eigenvalue weighted by atomic mass is 19.2. The fourth-order valence-corrected chi connectivity index (χ4v) is 1.52. The average Bonchev–Trinajstić information content (AvgIpc) is 2.46. The molecule has 0 atom stereocenters. The fourth-order valence-electron chi connectivity index (χ4n) is 1.52. The molecule has 0 radical (unpaired) electrons. The van der Waals surface area contributed by atoms with Gasteiger partial charge in [0.2, 0.25) is 11.6 Å². The zero-order chi connectivity index (χ0) is 15.7. The van der Waals surface area contributed by atoms with Crippen LogP contribution in [0.2, 0.25) is 0 Å². The third-order valence-corrected chi connectivity index (χ3v) is 2.66. The molecule has 1 aromatic carbocycles. The lowest BCUT2D eigenvalue weighted by Crippen LogP contribution is -2.25. The van der Waals surface area contributed by atoms with Crippen LogP contribution in [0.1, 0.15) is 19.8 Å². The molecule has 0 unspecified atom stereocenters. The smallest absolute Gasteiger partial charge is 0.203 e. The van der Waals surface area contributed by atoms with E-state index in [0.29, 0.717) is 19.8 Å². The molecule has 0 saturated heterocycles.